The van der Waals surface area contributed by atoms with Crippen LogP contribution < -0.4 is 0 Å². The lowest BCUT2D eigenvalue weighted by molar-refractivity contribution is -0.144. The summed E-state index contributed by atoms with van der Waals surface area (Å²) in [5.74, 6) is -2.08. The topological polar surface area (TPSA) is 108 Å². The molecule has 180 valence electrons. The zero-order valence-electron chi connectivity index (χ0n) is 19.6. The van der Waals surface area contributed by atoms with Gasteiger partial charge in [-0.05, 0) is 49.1 Å². The highest BCUT2D eigenvalue weighted by molar-refractivity contribution is 7.60. The molecule has 3 rings (SSSR count). The summed E-state index contributed by atoms with van der Waals surface area (Å²) in [7, 11) is -4.52. The molecule has 0 saturated heterocycles. The molecule has 0 fully saturated rings. The summed E-state index contributed by atoms with van der Waals surface area (Å²) in [4.78, 5) is 28.7. The second-order valence-corrected chi connectivity index (χ2v) is 11.0. The Morgan fingerprint density at radius 3 is 2.15 bits per heavy atom. The number of aliphatic hydroxyl groups excluding tert-OH is 1. The Morgan fingerprint density at radius 2 is 1.68 bits per heavy atom. The van der Waals surface area contributed by atoms with E-state index in [4.69, 9.17) is 4.98 Å². The number of halogens is 1. The number of aryl methyl sites for hydroxylation is 1. The maximum Gasteiger partial charge on any atom is 0.326 e. The fourth-order valence-corrected chi connectivity index (χ4v) is 6.58. The van der Waals surface area contributed by atoms with Gasteiger partial charge in [-0.25, -0.2) is 4.39 Å². The highest BCUT2D eigenvalue weighted by atomic mass is 31.2. The Bertz CT molecular complexity index is 1240. The summed E-state index contributed by atoms with van der Waals surface area (Å²) in [5, 5.41) is 18.8. The van der Waals surface area contributed by atoms with Crippen molar-refractivity contribution >= 4 is 13.3 Å². The number of carbonyl (C=O) groups is 1. The molecule has 3 unspecified atom stereocenters. The number of carboxylic acids is 1. The zero-order chi connectivity index (χ0) is 25.3. The van der Waals surface area contributed by atoms with Crippen molar-refractivity contribution in [1.29, 1.82) is 0 Å². The summed E-state index contributed by atoms with van der Waals surface area (Å²) in [6.07, 6.45) is -1.83. The third-order valence-electron chi connectivity index (χ3n) is 6.32. The van der Waals surface area contributed by atoms with Crippen LogP contribution in [0.4, 0.5) is 4.39 Å². The molecule has 0 aliphatic carbocycles. The number of hydrogen-bond acceptors (Lipinski definition) is 4. The number of hydrogen-bond donors (Lipinski definition) is 3. The lowest BCUT2D eigenvalue weighted by atomic mass is 9.81. The number of benzene rings is 2. The van der Waals surface area contributed by atoms with Gasteiger partial charge in [0.2, 0.25) is 7.37 Å². The Balaban J connectivity index is 2.62. The minimum atomic E-state index is -4.52. The summed E-state index contributed by atoms with van der Waals surface area (Å²) in [5.41, 5.74) is 3.03. The van der Waals surface area contributed by atoms with Gasteiger partial charge in [-0.2, -0.15) is 0 Å². The second-order valence-electron chi connectivity index (χ2n) is 8.27. The zero-order valence-corrected chi connectivity index (χ0v) is 20.5. The van der Waals surface area contributed by atoms with Crippen molar-refractivity contribution in [2.75, 3.05) is 6.16 Å². The van der Waals surface area contributed by atoms with E-state index in [0.29, 0.717) is 22.4 Å². The summed E-state index contributed by atoms with van der Waals surface area (Å²) < 4.78 is 27.4. The van der Waals surface area contributed by atoms with Gasteiger partial charge >= 0.3 is 5.97 Å². The number of aliphatic carboxylic acids is 1. The first-order valence-electron chi connectivity index (χ1n) is 11.1. The number of carboxylic acid groups (broad SMARTS) is 1. The summed E-state index contributed by atoms with van der Waals surface area (Å²) in [6.45, 7) is 6.15. The molecule has 1 aromatic heterocycles. The van der Waals surface area contributed by atoms with Gasteiger partial charge in [0.1, 0.15) is 5.82 Å². The van der Waals surface area contributed by atoms with E-state index in [1.807, 2.05) is 30.3 Å². The third-order valence-corrected chi connectivity index (χ3v) is 9.07. The molecule has 1 heterocycles. The molecule has 0 radical (unpaired) electrons. The van der Waals surface area contributed by atoms with E-state index in [0.717, 1.165) is 5.56 Å². The molecule has 0 amide bonds. The standard InChI is InChI=1S/C26H29FNO5P/c1-5-21-23(26(17(4)29,25(30)31)34(32,33)6-2)22(18-12-14-20(27)15-13-18)16(3)24(28-21)19-10-8-7-9-11-19/h7-15,17,29H,5-6H2,1-4H3,(H,30,31)(H,32,33). The number of aliphatic hydroxyl groups is 1. The average molecular weight is 485 g/mol. The monoisotopic (exact) mass is 485 g/mol. The fraction of sp³-hybridized carbons (Fsp3) is 0.308. The second kappa shape index (κ2) is 9.79. The van der Waals surface area contributed by atoms with E-state index in [1.165, 1.54) is 38.1 Å². The third kappa shape index (κ3) is 4.09. The first-order valence-corrected chi connectivity index (χ1v) is 13.0. The van der Waals surface area contributed by atoms with Crippen LogP contribution in [-0.2, 0) is 20.9 Å². The fourth-order valence-electron chi connectivity index (χ4n) is 4.61. The highest BCUT2D eigenvalue weighted by Gasteiger charge is 2.60. The molecule has 0 bridgehead atoms. The maximum atomic E-state index is 13.8. The summed E-state index contributed by atoms with van der Waals surface area (Å²) >= 11 is 0. The van der Waals surface area contributed by atoms with Crippen molar-refractivity contribution in [3.63, 3.8) is 0 Å². The Hall–Kier alpha value is -2.86. The summed E-state index contributed by atoms with van der Waals surface area (Å²) in [6, 6.07) is 14.8. The van der Waals surface area contributed by atoms with E-state index in [9.17, 15) is 28.9 Å². The van der Waals surface area contributed by atoms with E-state index >= 15 is 0 Å². The molecule has 34 heavy (non-hydrogen) atoms. The largest absolute Gasteiger partial charge is 0.480 e. The van der Waals surface area contributed by atoms with Gasteiger partial charge in [-0.1, -0.05) is 56.3 Å². The van der Waals surface area contributed by atoms with Crippen molar-refractivity contribution in [1.82, 2.24) is 4.98 Å². The Kier molecular flexibility index (Phi) is 7.41. The number of aromatic nitrogens is 1. The van der Waals surface area contributed by atoms with Crippen LogP contribution in [0, 0.1) is 12.7 Å². The molecule has 3 N–H and O–H groups in total. The molecular formula is C26H29FNO5P. The van der Waals surface area contributed by atoms with Crippen molar-refractivity contribution < 1.29 is 28.9 Å². The van der Waals surface area contributed by atoms with E-state index in [1.54, 1.807) is 13.8 Å². The predicted octanol–water partition coefficient (Wildman–Crippen LogP) is 5.38. The first-order chi connectivity index (χ1) is 16.0. The SMILES string of the molecule is CCc1nc(-c2ccccc2)c(C)c(-c2ccc(F)cc2)c1C(C(=O)O)(C(C)O)P(=O)(O)CC. The molecule has 0 spiro atoms. The molecule has 3 aromatic rings. The minimum Gasteiger partial charge on any atom is -0.480 e. The Labute approximate surface area is 198 Å². The predicted molar refractivity (Wildman–Crippen MR) is 131 cm³/mol. The van der Waals surface area contributed by atoms with Gasteiger partial charge in [-0.15, -0.1) is 0 Å². The van der Waals surface area contributed by atoms with Crippen LogP contribution in [0.3, 0.4) is 0 Å². The van der Waals surface area contributed by atoms with Gasteiger partial charge < -0.3 is 15.1 Å². The van der Waals surface area contributed by atoms with E-state index < -0.39 is 30.4 Å². The molecule has 0 aliphatic heterocycles. The van der Waals surface area contributed by atoms with Gasteiger partial charge in [0.25, 0.3) is 0 Å². The molecule has 8 heteroatoms. The van der Waals surface area contributed by atoms with Gasteiger partial charge in [-0.3, -0.25) is 14.3 Å². The van der Waals surface area contributed by atoms with Crippen LogP contribution in [0.5, 0.6) is 0 Å². The first kappa shape index (κ1) is 25.8. The minimum absolute atomic E-state index is 0.00558. The highest BCUT2D eigenvalue weighted by Crippen LogP contribution is 2.64. The number of nitrogens with zero attached hydrogens (tertiary/aromatic N) is 1. The van der Waals surface area contributed by atoms with Gasteiger partial charge in [0, 0.05) is 23.0 Å². The molecule has 6 nitrogen and oxygen atoms in total. The van der Waals surface area contributed by atoms with Crippen LogP contribution in [-0.4, -0.2) is 38.3 Å². The van der Waals surface area contributed by atoms with Crippen LogP contribution in [0.2, 0.25) is 0 Å². The smallest absolute Gasteiger partial charge is 0.326 e. The van der Waals surface area contributed by atoms with Crippen LogP contribution >= 0.6 is 7.37 Å². The van der Waals surface area contributed by atoms with Crippen LogP contribution in [0.15, 0.2) is 54.6 Å². The van der Waals surface area contributed by atoms with Crippen molar-refractivity contribution in [3.05, 3.63) is 77.2 Å². The molecule has 2 aromatic carbocycles. The average Bonchev–Trinajstić information content (AvgIpc) is 2.80. The normalized spacial score (nSPS) is 15.9. The van der Waals surface area contributed by atoms with Gasteiger partial charge in [0.15, 0.2) is 5.16 Å². The molecule has 3 atom stereocenters. The number of pyridine rings is 1. The number of rotatable bonds is 8. The quantitative estimate of drug-likeness (QED) is 0.370. The molecule has 0 saturated carbocycles. The van der Waals surface area contributed by atoms with Crippen molar-refractivity contribution in [2.24, 2.45) is 0 Å². The Morgan fingerprint density at radius 1 is 1.09 bits per heavy atom. The van der Waals surface area contributed by atoms with E-state index in [2.05, 4.69) is 0 Å². The maximum absolute atomic E-state index is 13.8. The van der Waals surface area contributed by atoms with Crippen molar-refractivity contribution in [2.45, 2.75) is 45.4 Å². The lowest BCUT2D eigenvalue weighted by Gasteiger charge is -2.39. The van der Waals surface area contributed by atoms with Crippen molar-refractivity contribution in [3.8, 4) is 22.4 Å². The molecular weight excluding hydrogens is 456 g/mol. The molecule has 0 aliphatic rings. The lowest BCUT2D eigenvalue weighted by Crippen LogP contribution is -2.47. The van der Waals surface area contributed by atoms with Gasteiger partial charge in [0.05, 0.1) is 11.8 Å². The van der Waals surface area contributed by atoms with Crippen LogP contribution in [0.1, 0.15) is 37.6 Å². The van der Waals surface area contributed by atoms with Crippen LogP contribution in [0.25, 0.3) is 22.4 Å². The van der Waals surface area contributed by atoms with E-state index in [-0.39, 0.29) is 23.8 Å².